The van der Waals surface area contributed by atoms with E-state index in [0.717, 1.165) is 0 Å². The zero-order chi connectivity index (χ0) is 19.7. The van der Waals surface area contributed by atoms with Gasteiger partial charge in [-0.15, -0.1) is 10.2 Å². The largest absolute Gasteiger partial charge is 0.484 e. The summed E-state index contributed by atoms with van der Waals surface area (Å²) >= 11 is 0. The van der Waals surface area contributed by atoms with Crippen molar-refractivity contribution in [2.75, 3.05) is 44.3 Å². The molecule has 10 heteroatoms. The van der Waals surface area contributed by atoms with E-state index in [2.05, 4.69) is 25.0 Å². The summed E-state index contributed by atoms with van der Waals surface area (Å²) in [6.45, 7) is 5.54. The Morgan fingerprint density at radius 3 is 2.61 bits per heavy atom. The number of anilines is 1. The van der Waals surface area contributed by atoms with Gasteiger partial charge >= 0.3 is 0 Å². The molecule has 2 N–H and O–H groups in total. The number of carbonyl (C=O) groups is 1. The molecule has 2 aromatic heterocycles. The number of ether oxygens (including phenoxy) is 2. The summed E-state index contributed by atoms with van der Waals surface area (Å²) in [7, 11) is 0. The van der Waals surface area contributed by atoms with Gasteiger partial charge in [0.1, 0.15) is 19.0 Å². The second-order valence-corrected chi connectivity index (χ2v) is 6.70. The third-order valence-electron chi connectivity index (χ3n) is 5.00. The van der Waals surface area contributed by atoms with Crippen molar-refractivity contribution in [3.63, 3.8) is 0 Å². The van der Waals surface area contributed by atoms with Gasteiger partial charge in [-0.1, -0.05) is 0 Å². The van der Waals surface area contributed by atoms with Crippen molar-refractivity contribution in [1.82, 2.24) is 20.1 Å². The predicted molar refractivity (Wildman–Crippen MR) is 97.9 cm³/mol. The van der Waals surface area contributed by atoms with Gasteiger partial charge in [0.05, 0.1) is 11.7 Å². The first kappa shape index (κ1) is 18.4. The van der Waals surface area contributed by atoms with Crippen molar-refractivity contribution in [2.24, 2.45) is 5.73 Å². The highest BCUT2D eigenvalue weighted by molar-refractivity contribution is 5.90. The fourth-order valence-corrected chi connectivity index (χ4v) is 3.39. The maximum atomic E-state index is 14.5. The molecule has 0 saturated carbocycles. The minimum Gasteiger partial charge on any atom is -0.484 e. The van der Waals surface area contributed by atoms with E-state index >= 15 is 0 Å². The highest BCUT2D eigenvalue weighted by Gasteiger charge is 2.28. The molecule has 1 atom stereocenters. The van der Waals surface area contributed by atoms with Gasteiger partial charge in [-0.3, -0.25) is 9.69 Å². The van der Waals surface area contributed by atoms with Crippen LogP contribution in [0.2, 0.25) is 0 Å². The van der Waals surface area contributed by atoms with Crippen LogP contribution in [0.15, 0.2) is 18.2 Å². The van der Waals surface area contributed by atoms with Gasteiger partial charge in [-0.25, -0.2) is 9.37 Å². The number of nitrogens with two attached hydrogens (primary N) is 1. The van der Waals surface area contributed by atoms with Crippen LogP contribution >= 0.6 is 0 Å². The number of aromatic nitrogens is 3. The molecule has 148 valence electrons. The maximum Gasteiger partial charge on any atom is 0.269 e. The first-order chi connectivity index (χ1) is 13.5. The fourth-order valence-electron chi connectivity index (χ4n) is 3.39. The molecular weight excluding hydrogens is 367 g/mol. The summed E-state index contributed by atoms with van der Waals surface area (Å²) in [4.78, 5) is 19.7. The highest BCUT2D eigenvalue weighted by atomic mass is 19.1. The molecule has 1 saturated heterocycles. The fraction of sp³-hybridized carbons (Fsp3) is 0.444. The van der Waals surface area contributed by atoms with Crippen molar-refractivity contribution in [1.29, 1.82) is 0 Å². The molecule has 28 heavy (non-hydrogen) atoms. The van der Waals surface area contributed by atoms with E-state index in [1.165, 1.54) is 6.07 Å². The average Bonchev–Trinajstić information content (AvgIpc) is 2.73. The van der Waals surface area contributed by atoms with Crippen LogP contribution in [0, 0.1) is 5.82 Å². The number of carbonyl (C=O) groups excluding carboxylic acids is 1. The first-order valence-electron chi connectivity index (χ1n) is 9.11. The van der Waals surface area contributed by atoms with Crippen LogP contribution in [-0.2, 0) is 0 Å². The number of halogens is 1. The molecule has 0 bridgehead atoms. The van der Waals surface area contributed by atoms with Crippen LogP contribution in [0.5, 0.6) is 11.6 Å². The van der Waals surface area contributed by atoms with E-state index < -0.39 is 11.7 Å². The molecule has 4 rings (SSSR count). The lowest BCUT2D eigenvalue weighted by Crippen LogP contribution is -2.47. The molecule has 0 radical (unpaired) electrons. The van der Waals surface area contributed by atoms with Crippen LogP contribution in [0.25, 0.3) is 0 Å². The van der Waals surface area contributed by atoms with E-state index in [0.29, 0.717) is 62.5 Å². The quantitative estimate of drug-likeness (QED) is 0.818. The van der Waals surface area contributed by atoms with E-state index in [-0.39, 0.29) is 11.7 Å². The normalized spacial score (nSPS) is 18.0. The van der Waals surface area contributed by atoms with Crippen LogP contribution in [0.3, 0.4) is 0 Å². The third kappa shape index (κ3) is 3.55. The summed E-state index contributed by atoms with van der Waals surface area (Å²) in [6.07, 6.45) is 0. The number of amides is 1. The smallest absolute Gasteiger partial charge is 0.269 e. The van der Waals surface area contributed by atoms with E-state index in [1.807, 2.05) is 6.92 Å². The standard InChI is InChI=1S/C18H21FN6O3/c1-11(16-12(19)10-14-18(21-16)28-9-8-27-14)24-4-6-25(7-5-24)15-3-2-13(17(20)26)22-23-15/h2-3,10-11H,4-9H2,1H3,(H2,20,26). The Morgan fingerprint density at radius 1 is 1.18 bits per heavy atom. The number of rotatable bonds is 4. The lowest BCUT2D eigenvalue weighted by molar-refractivity contribution is 0.0994. The maximum absolute atomic E-state index is 14.5. The molecule has 9 nitrogen and oxygen atoms in total. The lowest BCUT2D eigenvalue weighted by atomic mass is 10.1. The van der Waals surface area contributed by atoms with Crippen LogP contribution in [0.4, 0.5) is 10.2 Å². The lowest BCUT2D eigenvalue weighted by Gasteiger charge is -2.38. The topological polar surface area (TPSA) is 107 Å². The molecule has 1 fully saturated rings. The third-order valence-corrected chi connectivity index (χ3v) is 5.00. The molecule has 1 amide bonds. The minimum atomic E-state index is -0.605. The van der Waals surface area contributed by atoms with Gasteiger partial charge in [0, 0.05) is 32.2 Å². The van der Waals surface area contributed by atoms with Crippen molar-refractivity contribution in [3.8, 4) is 11.6 Å². The van der Waals surface area contributed by atoms with Gasteiger partial charge in [0.15, 0.2) is 17.3 Å². The molecule has 0 aromatic carbocycles. The summed E-state index contributed by atoms with van der Waals surface area (Å²) in [5.41, 5.74) is 5.67. The van der Waals surface area contributed by atoms with Gasteiger partial charge in [-0.2, -0.15) is 0 Å². The summed E-state index contributed by atoms with van der Waals surface area (Å²) in [6, 6.07) is 4.43. The highest BCUT2D eigenvalue weighted by Crippen LogP contribution is 2.33. The Bertz CT molecular complexity index is 870. The zero-order valence-electron chi connectivity index (χ0n) is 15.5. The van der Waals surface area contributed by atoms with Crippen molar-refractivity contribution >= 4 is 11.7 Å². The minimum absolute atomic E-state index is 0.135. The van der Waals surface area contributed by atoms with Crippen LogP contribution in [0.1, 0.15) is 29.1 Å². The molecule has 1 unspecified atom stereocenters. The van der Waals surface area contributed by atoms with Gasteiger partial charge in [-0.05, 0) is 19.1 Å². The predicted octanol–water partition coefficient (Wildman–Crippen LogP) is 0.764. The zero-order valence-corrected chi connectivity index (χ0v) is 15.5. The van der Waals surface area contributed by atoms with Crippen molar-refractivity contribution in [2.45, 2.75) is 13.0 Å². The van der Waals surface area contributed by atoms with Gasteiger partial charge in [0.2, 0.25) is 0 Å². The Hall–Kier alpha value is -3.01. The van der Waals surface area contributed by atoms with E-state index in [9.17, 15) is 9.18 Å². The Labute approximate surface area is 161 Å². The van der Waals surface area contributed by atoms with E-state index in [1.54, 1.807) is 12.1 Å². The van der Waals surface area contributed by atoms with E-state index in [4.69, 9.17) is 15.2 Å². The molecule has 2 aromatic rings. The summed E-state index contributed by atoms with van der Waals surface area (Å²) in [5.74, 6) is 0.375. The second-order valence-electron chi connectivity index (χ2n) is 6.70. The monoisotopic (exact) mass is 388 g/mol. The van der Waals surface area contributed by atoms with Crippen molar-refractivity contribution < 1.29 is 18.7 Å². The number of piperazine rings is 1. The molecule has 0 aliphatic carbocycles. The number of nitrogens with zero attached hydrogens (tertiary/aromatic N) is 5. The summed E-state index contributed by atoms with van der Waals surface area (Å²) in [5, 5.41) is 7.91. The number of hydrogen-bond donors (Lipinski definition) is 1. The SMILES string of the molecule is CC(c1nc2c(cc1F)OCCO2)N1CCN(c2ccc(C(N)=O)nn2)CC1. The number of primary amides is 1. The average molecular weight is 388 g/mol. The Kier molecular flexibility index (Phi) is 4.95. The Balaban J connectivity index is 1.43. The van der Waals surface area contributed by atoms with Gasteiger partial charge in [0.25, 0.3) is 11.8 Å². The van der Waals surface area contributed by atoms with Crippen LogP contribution < -0.4 is 20.1 Å². The summed E-state index contributed by atoms with van der Waals surface area (Å²) < 4.78 is 25.4. The van der Waals surface area contributed by atoms with Crippen LogP contribution in [-0.4, -0.2) is 65.4 Å². The molecule has 4 heterocycles. The number of hydrogen-bond acceptors (Lipinski definition) is 8. The molecule has 2 aliphatic heterocycles. The number of fused-ring (bicyclic) bond motifs is 1. The molecule has 2 aliphatic rings. The number of pyridine rings is 1. The van der Waals surface area contributed by atoms with Crippen molar-refractivity contribution in [3.05, 3.63) is 35.4 Å². The molecule has 0 spiro atoms. The molecular formula is C18H21FN6O3. The van der Waals surface area contributed by atoms with Gasteiger partial charge < -0.3 is 20.1 Å². The second kappa shape index (κ2) is 7.55. The Morgan fingerprint density at radius 2 is 1.93 bits per heavy atom. The first-order valence-corrected chi connectivity index (χ1v) is 9.11.